The minimum absolute atomic E-state index is 0.0781. The van der Waals surface area contributed by atoms with Crippen LogP contribution >= 0.6 is 31.9 Å². The Morgan fingerprint density at radius 3 is 2.23 bits per heavy atom. The number of piperidine rings is 1. The van der Waals surface area contributed by atoms with E-state index in [1.54, 1.807) is 0 Å². The van der Waals surface area contributed by atoms with Crippen LogP contribution in [0.3, 0.4) is 0 Å². The second kappa shape index (κ2) is 5.35. The first-order chi connectivity index (χ1) is 6.13. The second-order valence-electron chi connectivity index (χ2n) is 3.47. The predicted molar refractivity (Wildman–Crippen MR) is 61.5 cm³/mol. The predicted octanol–water partition coefficient (Wildman–Crippen LogP) is 2.55. The van der Waals surface area contributed by atoms with Crippen molar-refractivity contribution < 1.29 is 4.79 Å². The molecule has 1 heterocycles. The molecule has 4 heteroatoms. The molecule has 0 saturated carbocycles. The van der Waals surface area contributed by atoms with Gasteiger partial charge in [-0.2, -0.15) is 0 Å². The van der Waals surface area contributed by atoms with E-state index >= 15 is 0 Å². The summed E-state index contributed by atoms with van der Waals surface area (Å²) >= 11 is 6.82. The molecule has 76 valence electrons. The molecule has 1 aliphatic rings. The van der Waals surface area contributed by atoms with Crippen LogP contribution in [0.1, 0.15) is 26.2 Å². The van der Waals surface area contributed by atoms with Gasteiger partial charge in [-0.05, 0) is 19.3 Å². The lowest BCUT2D eigenvalue weighted by Gasteiger charge is -2.29. The Bertz CT molecular complexity index is 178. The van der Waals surface area contributed by atoms with E-state index in [0.29, 0.717) is 0 Å². The number of hydrogen-bond acceptors (Lipinski definition) is 1. The lowest BCUT2D eigenvalue weighted by Crippen LogP contribution is -2.42. The smallest absolute Gasteiger partial charge is 0.237 e. The van der Waals surface area contributed by atoms with Crippen LogP contribution in [-0.2, 0) is 4.79 Å². The molecule has 0 aromatic carbocycles. The first kappa shape index (κ1) is 11.5. The summed E-state index contributed by atoms with van der Waals surface area (Å²) in [6.45, 7) is 3.85. The third kappa shape index (κ3) is 3.24. The molecule has 0 radical (unpaired) electrons. The Morgan fingerprint density at radius 2 is 1.77 bits per heavy atom. The normalized spacial score (nSPS) is 22.5. The molecular weight excluding hydrogens is 298 g/mol. The summed E-state index contributed by atoms with van der Waals surface area (Å²) in [7, 11) is 0. The first-order valence-corrected chi connectivity index (χ1v) is 6.53. The number of rotatable bonds is 2. The van der Waals surface area contributed by atoms with Gasteiger partial charge in [-0.1, -0.05) is 38.8 Å². The molecule has 1 aliphatic heterocycles. The zero-order valence-corrected chi connectivity index (χ0v) is 11.0. The largest absolute Gasteiger partial charge is 0.342 e. The molecule has 1 rings (SSSR count). The number of likely N-dealkylation sites (tertiary alicyclic amines) is 1. The van der Waals surface area contributed by atoms with Gasteiger partial charge in [-0.15, -0.1) is 0 Å². The molecule has 0 aromatic rings. The molecule has 1 saturated heterocycles. The minimum atomic E-state index is -0.0781. The zero-order chi connectivity index (χ0) is 9.84. The molecule has 2 unspecified atom stereocenters. The molecule has 0 N–H and O–H groups in total. The number of nitrogens with zero attached hydrogens (tertiary/aromatic N) is 1. The van der Waals surface area contributed by atoms with E-state index in [4.69, 9.17) is 0 Å². The van der Waals surface area contributed by atoms with Crippen LogP contribution in [0.15, 0.2) is 0 Å². The van der Waals surface area contributed by atoms with Gasteiger partial charge in [0.05, 0.1) is 0 Å². The average Bonchev–Trinajstić information content (AvgIpc) is 2.17. The zero-order valence-electron chi connectivity index (χ0n) is 7.80. The van der Waals surface area contributed by atoms with Crippen LogP contribution < -0.4 is 0 Å². The summed E-state index contributed by atoms with van der Waals surface area (Å²) in [6, 6.07) is 0. The van der Waals surface area contributed by atoms with Crippen LogP contribution in [-0.4, -0.2) is 33.6 Å². The molecule has 0 bridgehead atoms. The van der Waals surface area contributed by atoms with Crippen molar-refractivity contribution in [3.63, 3.8) is 0 Å². The van der Waals surface area contributed by atoms with E-state index in [2.05, 4.69) is 31.9 Å². The van der Waals surface area contributed by atoms with Gasteiger partial charge in [-0.25, -0.2) is 0 Å². The van der Waals surface area contributed by atoms with Crippen LogP contribution in [0.25, 0.3) is 0 Å². The Kier molecular flexibility index (Phi) is 4.73. The van der Waals surface area contributed by atoms with Crippen LogP contribution in [0.2, 0.25) is 0 Å². The van der Waals surface area contributed by atoms with E-state index in [9.17, 15) is 4.79 Å². The number of amides is 1. The van der Waals surface area contributed by atoms with E-state index < -0.39 is 0 Å². The van der Waals surface area contributed by atoms with Crippen molar-refractivity contribution in [1.29, 1.82) is 0 Å². The van der Waals surface area contributed by atoms with Crippen molar-refractivity contribution in [2.45, 2.75) is 35.8 Å². The van der Waals surface area contributed by atoms with Gasteiger partial charge >= 0.3 is 0 Å². The number of hydrogen-bond donors (Lipinski definition) is 0. The van der Waals surface area contributed by atoms with E-state index in [-0.39, 0.29) is 15.6 Å². The van der Waals surface area contributed by atoms with Gasteiger partial charge in [0.25, 0.3) is 0 Å². The monoisotopic (exact) mass is 311 g/mol. The summed E-state index contributed by atoms with van der Waals surface area (Å²) in [5, 5.41) is 0. The molecule has 0 aliphatic carbocycles. The lowest BCUT2D eigenvalue weighted by molar-refractivity contribution is -0.131. The summed E-state index contributed by atoms with van der Waals surface area (Å²) < 4.78 is 0. The first-order valence-electron chi connectivity index (χ1n) is 4.70. The van der Waals surface area contributed by atoms with Gasteiger partial charge in [0.15, 0.2) is 0 Å². The van der Waals surface area contributed by atoms with Crippen LogP contribution in [0, 0.1) is 0 Å². The maximum atomic E-state index is 11.8. The van der Waals surface area contributed by atoms with E-state index in [1.165, 1.54) is 6.42 Å². The van der Waals surface area contributed by atoms with E-state index in [0.717, 1.165) is 25.9 Å². The third-order valence-electron chi connectivity index (χ3n) is 2.31. The molecule has 2 atom stereocenters. The lowest BCUT2D eigenvalue weighted by atomic mass is 10.1. The van der Waals surface area contributed by atoms with Gasteiger partial charge in [0.2, 0.25) is 5.91 Å². The summed E-state index contributed by atoms with van der Waals surface area (Å²) in [5.74, 6) is 0.226. The Hall–Kier alpha value is 0.430. The summed E-state index contributed by atoms with van der Waals surface area (Å²) in [5.41, 5.74) is 0. The Labute approximate surface area is 96.3 Å². The van der Waals surface area contributed by atoms with Gasteiger partial charge < -0.3 is 4.90 Å². The molecule has 1 fully saturated rings. The topological polar surface area (TPSA) is 20.3 Å². The van der Waals surface area contributed by atoms with Crippen molar-refractivity contribution in [2.75, 3.05) is 13.1 Å². The summed E-state index contributed by atoms with van der Waals surface area (Å²) in [4.78, 5) is 13.9. The highest BCUT2D eigenvalue weighted by atomic mass is 79.9. The standard InChI is InChI=1S/C9H15Br2NO/c1-7(10)8(11)9(13)12-5-3-2-4-6-12/h7-8H,2-6H2,1H3. The van der Waals surface area contributed by atoms with Crippen molar-refractivity contribution >= 4 is 37.8 Å². The van der Waals surface area contributed by atoms with Gasteiger partial charge in [0, 0.05) is 17.9 Å². The van der Waals surface area contributed by atoms with E-state index in [1.807, 2.05) is 11.8 Å². The quantitative estimate of drug-likeness (QED) is 0.718. The molecule has 0 spiro atoms. The SMILES string of the molecule is CC(Br)C(Br)C(=O)N1CCCCC1. The van der Waals surface area contributed by atoms with Crippen molar-refractivity contribution in [2.24, 2.45) is 0 Å². The fourth-order valence-electron chi connectivity index (χ4n) is 1.49. The van der Waals surface area contributed by atoms with Crippen molar-refractivity contribution in [3.05, 3.63) is 0 Å². The second-order valence-corrected chi connectivity index (χ2v) is 5.90. The molecule has 0 aromatic heterocycles. The van der Waals surface area contributed by atoms with Gasteiger partial charge in [0.1, 0.15) is 4.83 Å². The molecule has 1 amide bonds. The highest BCUT2D eigenvalue weighted by Crippen LogP contribution is 2.19. The average molecular weight is 313 g/mol. The Balaban J connectivity index is 2.45. The number of carbonyl (C=O) groups excluding carboxylic acids is 1. The molecule has 2 nitrogen and oxygen atoms in total. The Morgan fingerprint density at radius 1 is 1.23 bits per heavy atom. The van der Waals surface area contributed by atoms with Gasteiger partial charge in [-0.3, -0.25) is 4.79 Å². The van der Waals surface area contributed by atoms with Crippen LogP contribution in [0.5, 0.6) is 0 Å². The maximum absolute atomic E-state index is 11.8. The van der Waals surface area contributed by atoms with Crippen LogP contribution in [0.4, 0.5) is 0 Å². The highest BCUT2D eigenvalue weighted by Gasteiger charge is 2.26. The van der Waals surface area contributed by atoms with Crippen molar-refractivity contribution in [1.82, 2.24) is 4.90 Å². The highest BCUT2D eigenvalue weighted by molar-refractivity contribution is 9.12. The molecule has 13 heavy (non-hydrogen) atoms. The number of carbonyl (C=O) groups is 1. The maximum Gasteiger partial charge on any atom is 0.237 e. The fraction of sp³-hybridized carbons (Fsp3) is 0.889. The summed E-state index contributed by atoms with van der Waals surface area (Å²) in [6.07, 6.45) is 3.57. The molecular formula is C9H15Br2NO. The minimum Gasteiger partial charge on any atom is -0.342 e. The van der Waals surface area contributed by atoms with Crippen molar-refractivity contribution in [3.8, 4) is 0 Å². The number of alkyl halides is 2. The fourth-order valence-corrected chi connectivity index (χ4v) is 2.00. The number of halogens is 2. The third-order valence-corrected chi connectivity index (χ3v) is 4.73.